The van der Waals surface area contributed by atoms with Gasteiger partial charge in [-0.05, 0) is 12.5 Å². The fraction of sp³-hybridized carbons (Fsp3) is 0.455. The zero-order valence-corrected chi connectivity index (χ0v) is 8.66. The van der Waals surface area contributed by atoms with E-state index in [9.17, 15) is 4.79 Å². The van der Waals surface area contributed by atoms with Crippen LogP contribution in [0.3, 0.4) is 0 Å². The van der Waals surface area contributed by atoms with Crippen molar-refractivity contribution in [2.45, 2.75) is 26.7 Å². The Morgan fingerprint density at radius 3 is 2.93 bits per heavy atom. The third-order valence-electron chi connectivity index (χ3n) is 2.47. The van der Waals surface area contributed by atoms with Gasteiger partial charge in [-0.3, -0.25) is 9.78 Å². The summed E-state index contributed by atoms with van der Waals surface area (Å²) in [6.07, 6.45) is 4.57. The number of nitrogen functional groups attached to an aromatic ring is 1. The van der Waals surface area contributed by atoms with E-state index in [4.69, 9.17) is 5.73 Å². The smallest absolute Gasteiger partial charge is 0.140 e. The van der Waals surface area contributed by atoms with Crippen molar-refractivity contribution in [3.8, 4) is 0 Å². The normalized spacial score (nSPS) is 12.4. The molecule has 1 aromatic rings. The summed E-state index contributed by atoms with van der Waals surface area (Å²) in [6.45, 7) is 3.95. The van der Waals surface area contributed by atoms with Gasteiger partial charge in [0.05, 0.1) is 0 Å². The minimum Gasteiger partial charge on any atom is -0.398 e. The molecule has 0 aromatic carbocycles. The van der Waals surface area contributed by atoms with Gasteiger partial charge in [-0.25, -0.2) is 0 Å². The van der Waals surface area contributed by atoms with E-state index >= 15 is 0 Å². The number of nitrogens with zero attached hydrogens (tertiary/aromatic N) is 1. The maximum atomic E-state index is 11.6. The average Bonchev–Trinajstić information content (AvgIpc) is 2.20. The minimum atomic E-state index is 0.106. The van der Waals surface area contributed by atoms with Crippen molar-refractivity contribution in [3.63, 3.8) is 0 Å². The van der Waals surface area contributed by atoms with Gasteiger partial charge in [-0.2, -0.15) is 0 Å². The molecule has 1 aromatic heterocycles. The predicted octanol–water partition coefficient (Wildman–Crippen LogP) is 1.82. The number of nitrogens with two attached hydrogens (primary N) is 1. The van der Waals surface area contributed by atoms with Crippen molar-refractivity contribution in [1.82, 2.24) is 4.98 Å². The van der Waals surface area contributed by atoms with Crippen LogP contribution in [0, 0.1) is 5.92 Å². The SMILES string of the molecule is CCC(C)C(=O)Cc1cnccc1N. The highest BCUT2D eigenvalue weighted by Gasteiger charge is 2.12. The summed E-state index contributed by atoms with van der Waals surface area (Å²) in [7, 11) is 0. The Kier molecular flexibility index (Phi) is 3.63. The molecular formula is C11H16N2O. The maximum Gasteiger partial charge on any atom is 0.140 e. The number of hydrogen-bond donors (Lipinski definition) is 1. The van der Waals surface area contributed by atoms with Crippen LogP contribution < -0.4 is 5.73 Å². The first-order chi connectivity index (χ1) is 6.65. The Hall–Kier alpha value is -1.38. The Morgan fingerprint density at radius 1 is 1.64 bits per heavy atom. The molecular weight excluding hydrogens is 176 g/mol. The molecule has 0 bridgehead atoms. The fourth-order valence-electron chi connectivity index (χ4n) is 1.18. The lowest BCUT2D eigenvalue weighted by Gasteiger charge is -2.08. The highest BCUT2D eigenvalue weighted by Crippen LogP contribution is 2.13. The van der Waals surface area contributed by atoms with Crippen LogP contribution in [0.1, 0.15) is 25.8 Å². The molecule has 0 radical (unpaired) electrons. The molecule has 0 saturated heterocycles. The molecule has 0 aliphatic rings. The molecule has 1 unspecified atom stereocenters. The third kappa shape index (κ3) is 2.55. The van der Waals surface area contributed by atoms with Gasteiger partial charge in [-0.15, -0.1) is 0 Å². The van der Waals surface area contributed by atoms with Crippen molar-refractivity contribution >= 4 is 11.5 Å². The zero-order valence-electron chi connectivity index (χ0n) is 8.66. The number of aromatic nitrogens is 1. The number of rotatable bonds is 4. The molecule has 0 aliphatic carbocycles. The molecule has 0 amide bonds. The molecule has 1 atom stereocenters. The first-order valence-electron chi connectivity index (χ1n) is 4.86. The minimum absolute atomic E-state index is 0.106. The number of hydrogen-bond acceptors (Lipinski definition) is 3. The molecule has 1 heterocycles. The summed E-state index contributed by atoms with van der Waals surface area (Å²) in [4.78, 5) is 15.6. The first-order valence-corrected chi connectivity index (χ1v) is 4.86. The van der Waals surface area contributed by atoms with E-state index < -0.39 is 0 Å². The van der Waals surface area contributed by atoms with Crippen molar-refractivity contribution in [2.24, 2.45) is 5.92 Å². The molecule has 0 spiro atoms. The van der Waals surface area contributed by atoms with Gasteiger partial charge >= 0.3 is 0 Å². The molecule has 76 valence electrons. The van der Waals surface area contributed by atoms with Crippen molar-refractivity contribution < 1.29 is 4.79 Å². The number of carbonyl (C=O) groups excluding carboxylic acids is 1. The topological polar surface area (TPSA) is 56.0 Å². The highest BCUT2D eigenvalue weighted by molar-refractivity contribution is 5.84. The van der Waals surface area contributed by atoms with Gasteiger partial charge in [0.2, 0.25) is 0 Å². The van der Waals surface area contributed by atoms with E-state index in [1.807, 2.05) is 13.8 Å². The highest BCUT2D eigenvalue weighted by atomic mass is 16.1. The molecule has 0 saturated carbocycles. The molecule has 3 heteroatoms. The summed E-state index contributed by atoms with van der Waals surface area (Å²) in [5.74, 6) is 0.335. The second-order valence-electron chi connectivity index (χ2n) is 3.53. The third-order valence-corrected chi connectivity index (χ3v) is 2.47. The quantitative estimate of drug-likeness (QED) is 0.791. The molecule has 2 N–H and O–H groups in total. The van der Waals surface area contributed by atoms with Gasteiger partial charge in [0.15, 0.2) is 0 Å². The van der Waals surface area contributed by atoms with Gasteiger partial charge < -0.3 is 5.73 Å². The summed E-state index contributed by atoms with van der Waals surface area (Å²) in [5.41, 5.74) is 7.20. The molecule has 0 aliphatic heterocycles. The summed E-state index contributed by atoms with van der Waals surface area (Å²) >= 11 is 0. The Bertz CT molecular complexity index is 323. The van der Waals surface area contributed by atoms with Crippen molar-refractivity contribution in [1.29, 1.82) is 0 Å². The Labute approximate surface area is 84.3 Å². The first kappa shape index (κ1) is 10.7. The van der Waals surface area contributed by atoms with E-state index in [0.29, 0.717) is 12.1 Å². The summed E-state index contributed by atoms with van der Waals surface area (Å²) in [6, 6.07) is 1.72. The Balaban J connectivity index is 2.70. The van der Waals surface area contributed by atoms with Gasteiger partial charge in [0, 0.05) is 36.0 Å². The van der Waals surface area contributed by atoms with Crippen molar-refractivity contribution in [2.75, 3.05) is 5.73 Å². The second kappa shape index (κ2) is 4.74. The second-order valence-corrected chi connectivity index (χ2v) is 3.53. The molecule has 3 nitrogen and oxygen atoms in total. The number of carbonyl (C=O) groups is 1. The number of anilines is 1. The Morgan fingerprint density at radius 2 is 2.36 bits per heavy atom. The van der Waals surface area contributed by atoms with Crippen molar-refractivity contribution in [3.05, 3.63) is 24.0 Å². The lowest BCUT2D eigenvalue weighted by atomic mass is 9.98. The van der Waals surface area contributed by atoms with E-state index in [-0.39, 0.29) is 11.7 Å². The molecule has 0 fully saturated rings. The maximum absolute atomic E-state index is 11.6. The number of ketones is 1. The van der Waals surface area contributed by atoms with Crippen LogP contribution in [0.4, 0.5) is 5.69 Å². The van der Waals surface area contributed by atoms with Crippen LogP contribution in [0.25, 0.3) is 0 Å². The lowest BCUT2D eigenvalue weighted by Crippen LogP contribution is -2.13. The molecule has 14 heavy (non-hydrogen) atoms. The molecule has 1 rings (SSSR count). The fourth-order valence-corrected chi connectivity index (χ4v) is 1.18. The van der Waals surface area contributed by atoms with E-state index in [0.717, 1.165) is 12.0 Å². The van der Waals surface area contributed by atoms with Crippen LogP contribution >= 0.6 is 0 Å². The zero-order chi connectivity index (χ0) is 10.6. The van der Waals surface area contributed by atoms with Crippen LogP contribution in [-0.4, -0.2) is 10.8 Å². The van der Waals surface area contributed by atoms with Crippen LogP contribution in [-0.2, 0) is 11.2 Å². The predicted molar refractivity (Wildman–Crippen MR) is 56.8 cm³/mol. The van der Waals surface area contributed by atoms with E-state index in [1.165, 1.54) is 0 Å². The van der Waals surface area contributed by atoms with E-state index in [2.05, 4.69) is 4.98 Å². The van der Waals surface area contributed by atoms with Gasteiger partial charge in [0.25, 0.3) is 0 Å². The van der Waals surface area contributed by atoms with Crippen LogP contribution in [0.2, 0.25) is 0 Å². The number of Topliss-reactive ketones (excluding diaryl/α,β-unsaturated/α-hetero) is 1. The standard InChI is InChI=1S/C11H16N2O/c1-3-8(2)11(14)6-9-7-13-5-4-10(9)12/h4-5,7-8H,3,6H2,1-2H3,(H2,12,13). The van der Waals surface area contributed by atoms with Crippen LogP contribution in [0.5, 0.6) is 0 Å². The van der Waals surface area contributed by atoms with Gasteiger partial charge in [-0.1, -0.05) is 13.8 Å². The summed E-state index contributed by atoms with van der Waals surface area (Å²) < 4.78 is 0. The average molecular weight is 192 g/mol. The monoisotopic (exact) mass is 192 g/mol. The lowest BCUT2D eigenvalue weighted by molar-refractivity contribution is -0.121. The summed E-state index contributed by atoms with van der Waals surface area (Å²) in [5, 5.41) is 0. The van der Waals surface area contributed by atoms with E-state index in [1.54, 1.807) is 18.5 Å². The van der Waals surface area contributed by atoms with Gasteiger partial charge in [0.1, 0.15) is 5.78 Å². The van der Waals surface area contributed by atoms with Crippen LogP contribution in [0.15, 0.2) is 18.5 Å². The number of pyridine rings is 1. The largest absolute Gasteiger partial charge is 0.398 e.